The minimum absolute atomic E-state index is 0.0897. The lowest BCUT2D eigenvalue weighted by atomic mass is 10.0. The van der Waals surface area contributed by atoms with Gasteiger partial charge in [0.1, 0.15) is 0 Å². The number of rotatable bonds is 5. The quantitative estimate of drug-likeness (QED) is 0.683. The van der Waals surface area contributed by atoms with E-state index in [-0.39, 0.29) is 11.3 Å². The van der Waals surface area contributed by atoms with Crippen LogP contribution in [0.4, 0.5) is 5.69 Å². The number of anilines is 1. The van der Waals surface area contributed by atoms with Crippen molar-refractivity contribution >= 4 is 21.6 Å². The van der Waals surface area contributed by atoms with Crippen molar-refractivity contribution in [3.63, 3.8) is 0 Å². The van der Waals surface area contributed by atoms with E-state index in [9.17, 15) is 13.2 Å². The molecule has 0 saturated carbocycles. The Balaban J connectivity index is 3.11. The molecule has 6 nitrogen and oxygen atoms in total. The van der Waals surface area contributed by atoms with Crippen molar-refractivity contribution in [3.8, 4) is 0 Å². The summed E-state index contributed by atoms with van der Waals surface area (Å²) >= 11 is 0. The molecule has 0 aliphatic rings. The van der Waals surface area contributed by atoms with Crippen LogP contribution in [0.25, 0.3) is 0 Å². The molecule has 0 atom stereocenters. The Hall–Kier alpha value is -1.60. The second kappa shape index (κ2) is 5.18. The number of sulfonamides is 1. The number of nitrogens with two attached hydrogens (primary N) is 2. The molecule has 0 fully saturated rings. The van der Waals surface area contributed by atoms with Crippen molar-refractivity contribution in [1.29, 1.82) is 0 Å². The van der Waals surface area contributed by atoms with Crippen molar-refractivity contribution in [2.45, 2.75) is 37.6 Å². The zero-order valence-electron chi connectivity index (χ0n) is 11.2. The van der Waals surface area contributed by atoms with Crippen LogP contribution >= 0.6 is 0 Å². The molecule has 1 aromatic rings. The lowest BCUT2D eigenvalue weighted by Gasteiger charge is -2.25. The smallest absolute Gasteiger partial charge is 0.241 e. The fourth-order valence-corrected chi connectivity index (χ4v) is 3.49. The number of carbonyl (C=O) groups is 1. The van der Waals surface area contributed by atoms with E-state index in [1.165, 1.54) is 6.07 Å². The van der Waals surface area contributed by atoms with E-state index in [0.717, 1.165) is 0 Å². The first kappa shape index (κ1) is 15.5. The van der Waals surface area contributed by atoms with Crippen LogP contribution in [0.15, 0.2) is 23.1 Å². The van der Waals surface area contributed by atoms with Crippen molar-refractivity contribution < 1.29 is 13.2 Å². The monoisotopic (exact) mass is 285 g/mol. The van der Waals surface area contributed by atoms with Gasteiger partial charge < -0.3 is 11.5 Å². The zero-order valence-corrected chi connectivity index (χ0v) is 12.0. The molecule has 0 aliphatic heterocycles. The topological polar surface area (TPSA) is 115 Å². The number of hydrogen-bond acceptors (Lipinski definition) is 4. The van der Waals surface area contributed by atoms with Gasteiger partial charge >= 0.3 is 0 Å². The second-order valence-electron chi connectivity index (χ2n) is 5.16. The fraction of sp³-hybridized carbons (Fsp3) is 0.417. The molecule has 0 heterocycles. The Morgan fingerprint density at radius 1 is 1.37 bits per heavy atom. The SMILES string of the molecule is Cc1ccc(N)cc1S(=O)(=O)NC(C)(C)CC(N)=O. The summed E-state index contributed by atoms with van der Waals surface area (Å²) in [6.07, 6.45) is -0.0897. The standard InChI is InChI=1S/C12H19N3O3S/c1-8-4-5-9(13)6-10(8)19(17,18)15-12(2,3)7-11(14)16/h4-6,15H,7,13H2,1-3H3,(H2,14,16). The van der Waals surface area contributed by atoms with Gasteiger partial charge in [-0.25, -0.2) is 13.1 Å². The Labute approximate surface area is 113 Å². The number of hydrogen-bond donors (Lipinski definition) is 3. The van der Waals surface area contributed by atoms with E-state index in [0.29, 0.717) is 11.3 Å². The molecular formula is C12H19N3O3S. The third kappa shape index (κ3) is 4.22. The van der Waals surface area contributed by atoms with Gasteiger partial charge in [0.25, 0.3) is 0 Å². The molecule has 1 aromatic carbocycles. The van der Waals surface area contributed by atoms with Crippen LogP contribution in [0.2, 0.25) is 0 Å². The molecule has 19 heavy (non-hydrogen) atoms. The molecule has 0 spiro atoms. The number of nitrogen functional groups attached to an aromatic ring is 1. The number of amides is 1. The third-order valence-corrected chi connectivity index (χ3v) is 4.37. The summed E-state index contributed by atoms with van der Waals surface area (Å²) in [6.45, 7) is 4.86. The van der Waals surface area contributed by atoms with Crippen LogP contribution in [-0.4, -0.2) is 19.9 Å². The van der Waals surface area contributed by atoms with Crippen molar-refractivity contribution in [1.82, 2.24) is 4.72 Å². The summed E-state index contributed by atoms with van der Waals surface area (Å²) in [5.74, 6) is -0.572. The predicted octanol–water partition coefficient (Wildman–Crippen LogP) is 0.510. The summed E-state index contributed by atoms with van der Waals surface area (Å²) < 4.78 is 27.0. The average Bonchev–Trinajstić information content (AvgIpc) is 2.17. The van der Waals surface area contributed by atoms with Gasteiger partial charge in [-0.2, -0.15) is 0 Å². The fourth-order valence-electron chi connectivity index (χ4n) is 1.80. The highest BCUT2D eigenvalue weighted by atomic mass is 32.2. The maximum absolute atomic E-state index is 12.3. The highest BCUT2D eigenvalue weighted by molar-refractivity contribution is 7.89. The normalized spacial score (nSPS) is 12.4. The van der Waals surface area contributed by atoms with Crippen LogP contribution in [0.1, 0.15) is 25.8 Å². The molecule has 0 aliphatic carbocycles. The predicted molar refractivity (Wildman–Crippen MR) is 73.8 cm³/mol. The summed E-state index contributed by atoms with van der Waals surface area (Å²) in [7, 11) is -3.75. The Bertz CT molecular complexity index is 594. The zero-order chi connectivity index (χ0) is 14.8. The second-order valence-corrected chi connectivity index (χ2v) is 6.81. The van der Waals surface area contributed by atoms with Gasteiger partial charge in [0.05, 0.1) is 4.90 Å². The molecule has 5 N–H and O–H groups in total. The molecular weight excluding hydrogens is 266 g/mol. The van der Waals surface area contributed by atoms with E-state index in [1.807, 2.05) is 0 Å². The van der Waals surface area contributed by atoms with E-state index in [2.05, 4.69) is 4.72 Å². The van der Waals surface area contributed by atoms with Crippen molar-refractivity contribution in [2.75, 3.05) is 5.73 Å². The number of nitrogens with one attached hydrogen (secondary N) is 1. The molecule has 0 saturated heterocycles. The lowest BCUT2D eigenvalue weighted by molar-refractivity contribution is -0.119. The summed E-state index contributed by atoms with van der Waals surface area (Å²) in [4.78, 5) is 11.0. The van der Waals surface area contributed by atoms with E-state index < -0.39 is 21.5 Å². The lowest BCUT2D eigenvalue weighted by Crippen LogP contribution is -2.46. The van der Waals surface area contributed by atoms with Gasteiger partial charge in [-0.3, -0.25) is 4.79 Å². The van der Waals surface area contributed by atoms with E-state index >= 15 is 0 Å². The Morgan fingerprint density at radius 2 is 1.95 bits per heavy atom. The summed E-state index contributed by atoms with van der Waals surface area (Å²) in [6, 6.07) is 4.64. The first-order chi connectivity index (χ1) is 8.53. The largest absolute Gasteiger partial charge is 0.399 e. The molecule has 1 amide bonds. The molecule has 7 heteroatoms. The van der Waals surface area contributed by atoms with Crippen LogP contribution in [0, 0.1) is 6.92 Å². The van der Waals surface area contributed by atoms with Gasteiger partial charge in [-0.15, -0.1) is 0 Å². The molecule has 0 bridgehead atoms. The Kier molecular flexibility index (Phi) is 4.21. The van der Waals surface area contributed by atoms with Gasteiger partial charge in [0.15, 0.2) is 0 Å². The minimum atomic E-state index is -3.75. The molecule has 0 unspecified atom stereocenters. The van der Waals surface area contributed by atoms with Crippen LogP contribution < -0.4 is 16.2 Å². The number of aryl methyl sites for hydroxylation is 1. The van der Waals surface area contributed by atoms with Crippen molar-refractivity contribution in [3.05, 3.63) is 23.8 Å². The first-order valence-corrected chi connectivity index (χ1v) is 7.20. The molecule has 0 aromatic heterocycles. The van der Waals surface area contributed by atoms with E-state index in [1.54, 1.807) is 32.9 Å². The third-order valence-electron chi connectivity index (χ3n) is 2.53. The molecule has 1 rings (SSSR count). The maximum atomic E-state index is 12.3. The highest BCUT2D eigenvalue weighted by Gasteiger charge is 2.28. The first-order valence-electron chi connectivity index (χ1n) is 5.72. The van der Waals surface area contributed by atoms with Crippen molar-refractivity contribution in [2.24, 2.45) is 5.73 Å². The summed E-state index contributed by atoms with van der Waals surface area (Å²) in [5, 5.41) is 0. The highest BCUT2D eigenvalue weighted by Crippen LogP contribution is 2.21. The van der Waals surface area contributed by atoms with Gasteiger partial charge in [0.2, 0.25) is 15.9 Å². The van der Waals surface area contributed by atoms with Gasteiger partial charge in [-0.1, -0.05) is 6.07 Å². The number of carbonyl (C=O) groups excluding carboxylic acids is 1. The molecule has 106 valence electrons. The average molecular weight is 285 g/mol. The van der Waals surface area contributed by atoms with Crippen LogP contribution in [0.5, 0.6) is 0 Å². The Morgan fingerprint density at radius 3 is 2.47 bits per heavy atom. The number of primary amides is 1. The minimum Gasteiger partial charge on any atom is -0.399 e. The molecule has 0 radical (unpaired) electrons. The van der Waals surface area contributed by atoms with Gasteiger partial charge in [0, 0.05) is 17.6 Å². The summed E-state index contributed by atoms with van der Waals surface area (Å²) in [5.41, 5.74) is 10.7. The van der Waals surface area contributed by atoms with Gasteiger partial charge in [-0.05, 0) is 38.5 Å². The maximum Gasteiger partial charge on any atom is 0.241 e. The van der Waals surface area contributed by atoms with Crippen LogP contribution in [0.3, 0.4) is 0 Å². The van der Waals surface area contributed by atoms with E-state index in [4.69, 9.17) is 11.5 Å². The van der Waals surface area contributed by atoms with Crippen LogP contribution in [-0.2, 0) is 14.8 Å². The number of benzene rings is 1.